The number of nitrogen functional groups attached to an aromatic ring is 1. The molecule has 2 N–H and O–H groups in total. The van der Waals surface area contributed by atoms with Crippen molar-refractivity contribution in [1.29, 1.82) is 0 Å². The Morgan fingerprint density at radius 1 is 1.42 bits per heavy atom. The van der Waals surface area contributed by atoms with E-state index in [2.05, 4.69) is 22.5 Å². The summed E-state index contributed by atoms with van der Waals surface area (Å²) >= 11 is 1.62. The third-order valence-electron chi connectivity index (χ3n) is 3.49. The maximum atomic E-state index is 6.13. The Morgan fingerprint density at radius 2 is 2.26 bits per heavy atom. The summed E-state index contributed by atoms with van der Waals surface area (Å²) in [5.41, 5.74) is 9.10. The van der Waals surface area contributed by atoms with Crippen LogP contribution in [0.1, 0.15) is 23.8 Å². The third-order valence-corrected chi connectivity index (χ3v) is 4.37. The highest BCUT2D eigenvalue weighted by atomic mass is 32.1. The number of nitrogens with zero attached hydrogens (tertiary/aromatic N) is 3. The summed E-state index contributed by atoms with van der Waals surface area (Å²) in [4.78, 5) is 10.5. The molecule has 4 rings (SSSR count). The summed E-state index contributed by atoms with van der Waals surface area (Å²) in [7, 11) is 0. The number of hydrogen-bond donors (Lipinski definition) is 1. The first-order valence-electron chi connectivity index (χ1n) is 6.43. The molecule has 96 valence electrons. The summed E-state index contributed by atoms with van der Waals surface area (Å²) in [5, 5.41) is 0.842. The van der Waals surface area contributed by atoms with E-state index in [0.717, 1.165) is 27.6 Å². The van der Waals surface area contributed by atoms with Crippen LogP contribution in [-0.2, 0) is 0 Å². The molecule has 0 spiro atoms. The van der Waals surface area contributed by atoms with Gasteiger partial charge in [0.05, 0.1) is 10.6 Å². The van der Waals surface area contributed by atoms with Crippen LogP contribution in [0.3, 0.4) is 0 Å². The predicted molar refractivity (Wildman–Crippen MR) is 78.3 cm³/mol. The number of thiophene rings is 1. The van der Waals surface area contributed by atoms with Gasteiger partial charge in [-0.1, -0.05) is 0 Å². The number of imidazole rings is 1. The van der Waals surface area contributed by atoms with E-state index >= 15 is 0 Å². The number of pyridine rings is 1. The van der Waals surface area contributed by atoms with E-state index in [9.17, 15) is 0 Å². The second-order valence-corrected chi connectivity index (χ2v) is 6.31. The van der Waals surface area contributed by atoms with Crippen LogP contribution in [0, 0.1) is 6.92 Å². The lowest BCUT2D eigenvalue weighted by molar-refractivity contribution is 0.767. The minimum Gasteiger partial charge on any atom is -0.390 e. The molecule has 5 heteroatoms. The topological polar surface area (TPSA) is 56.7 Å². The van der Waals surface area contributed by atoms with Gasteiger partial charge in [-0.3, -0.25) is 0 Å². The SMILES string of the molecule is Cc1cc(-c2nc3cccnc3n2C2CC2)c(N)s1. The molecule has 1 fully saturated rings. The molecule has 1 aliphatic rings. The Bertz CT molecular complexity index is 767. The summed E-state index contributed by atoms with van der Waals surface area (Å²) in [6, 6.07) is 6.60. The molecule has 1 saturated carbocycles. The van der Waals surface area contributed by atoms with Gasteiger partial charge in [0.2, 0.25) is 0 Å². The number of nitrogens with two attached hydrogens (primary N) is 1. The molecule has 4 nitrogen and oxygen atoms in total. The second kappa shape index (κ2) is 3.81. The van der Waals surface area contributed by atoms with E-state index in [1.165, 1.54) is 17.7 Å². The lowest BCUT2D eigenvalue weighted by Crippen LogP contribution is -1.99. The summed E-state index contributed by atoms with van der Waals surface area (Å²) in [6.45, 7) is 2.08. The number of aryl methyl sites for hydroxylation is 1. The van der Waals surface area contributed by atoms with Gasteiger partial charge in [0.15, 0.2) is 5.65 Å². The van der Waals surface area contributed by atoms with E-state index in [4.69, 9.17) is 10.7 Å². The van der Waals surface area contributed by atoms with Gasteiger partial charge in [0.25, 0.3) is 0 Å². The van der Waals surface area contributed by atoms with Crippen molar-refractivity contribution < 1.29 is 0 Å². The van der Waals surface area contributed by atoms with Crippen LogP contribution in [0.2, 0.25) is 0 Å². The van der Waals surface area contributed by atoms with Gasteiger partial charge < -0.3 is 10.3 Å². The Labute approximate surface area is 114 Å². The first-order valence-corrected chi connectivity index (χ1v) is 7.25. The van der Waals surface area contributed by atoms with Crippen LogP contribution in [0.25, 0.3) is 22.6 Å². The van der Waals surface area contributed by atoms with Crippen LogP contribution in [0.4, 0.5) is 5.00 Å². The normalized spacial score (nSPS) is 15.2. The monoisotopic (exact) mass is 270 g/mol. The molecule has 0 aliphatic heterocycles. The smallest absolute Gasteiger partial charge is 0.160 e. The van der Waals surface area contributed by atoms with Gasteiger partial charge in [0, 0.05) is 17.1 Å². The van der Waals surface area contributed by atoms with E-state index in [-0.39, 0.29) is 0 Å². The highest BCUT2D eigenvalue weighted by Gasteiger charge is 2.30. The molecule has 0 saturated heterocycles. The Hall–Kier alpha value is -1.88. The summed E-state index contributed by atoms with van der Waals surface area (Å²) < 4.78 is 2.26. The maximum Gasteiger partial charge on any atom is 0.160 e. The summed E-state index contributed by atoms with van der Waals surface area (Å²) in [5.74, 6) is 0.970. The zero-order chi connectivity index (χ0) is 13.0. The Balaban J connectivity index is 2.03. The molecular formula is C14H14N4S. The van der Waals surface area contributed by atoms with Crippen molar-refractivity contribution in [2.24, 2.45) is 0 Å². The van der Waals surface area contributed by atoms with Gasteiger partial charge in [0.1, 0.15) is 11.3 Å². The molecule has 0 amide bonds. The molecule has 3 aromatic rings. The Morgan fingerprint density at radius 3 is 2.95 bits per heavy atom. The lowest BCUT2D eigenvalue weighted by Gasteiger charge is -2.06. The largest absolute Gasteiger partial charge is 0.390 e. The maximum absolute atomic E-state index is 6.13. The van der Waals surface area contributed by atoms with Gasteiger partial charge in [-0.2, -0.15) is 0 Å². The molecule has 19 heavy (non-hydrogen) atoms. The summed E-state index contributed by atoms with van der Waals surface area (Å²) in [6.07, 6.45) is 4.24. The molecule has 0 radical (unpaired) electrons. The predicted octanol–water partition coefficient (Wildman–Crippen LogP) is 3.39. The van der Waals surface area contributed by atoms with Crippen molar-refractivity contribution in [2.75, 3.05) is 5.73 Å². The van der Waals surface area contributed by atoms with E-state index in [1.54, 1.807) is 11.3 Å². The molecule has 3 heterocycles. The Kier molecular flexibility index (Phi) is 2.20. The fourth-order valence-corrected chi connectivity index (χ4v) is 3.29. The molecule has 0 atom stereocenters. The molecule has 3 aromatic heterocycles. The first kappa shape index (κ1) is 11.0. The molecular weight excluding hydrogens is 256 g/mol. The van der Waals surface area contributed by atoms with Crippen molar-refractivity contribution in [1.82, 2.24) is 14.5 Å². The fraction of sp³-hybridized carbons (Fsp3) is 0.286. The van der Waals surface area contributed by atoms with Crippen LogP contribution < -0.4 is 5.73 Å². The van der Waals surface area contributed by atoms with Crippen molar-refractivity contribution in [3.63, 3.8) is 0 Å². The van der Waals surface area contributed by atoms with Gasteiger partial charge in [-0.25, -0.2) is 9.97 Å². The van der Waals surface area contributed by atoms with E-state index < -0.39 is 0 Å². The van der Waals surface area contributed by atoms with Gasteiger partial charge in [-0.05, 0) is 38.0 Å². The number of hydrogen-bond acceptors (Lipinski definition) is 4. The third kappa shape index (κ3) is 1.65. The standard InChI is InChI=1S/C14H14N4S/c1-8-7-10(12(15)19-8)13-17-11-3-2-6-16-14(11)18(13)9-4-5-9/h2-3,6-7,9H,4-5,15H2,1H3. The van der Waals surface area contributed by atoms with Crippen molar-refractivity contribution in [3.8, 4) is 11.4 Å². The number of rotatable bonds is 2. The molecule has 1 aliphatic carbocycles. The van der Waals surface area contributed by atoms with Crippen LogP contribution in [0.5, 0.6) is 0 Å². The molecule has 0 aromatic carbocycles. The zero-order valence-electron chi connectivity index (χ0n) is 10.6. The molecule has 0 unspecified atom stereocenters. The highest BCUT2D eigenvalue weighted by Crippen LogP contribution is 2.43. The van der Waals surface area contributed by atoms with Gasteiger partial charge in [-0.15, -0.1) is 11.3 Å². The second-order valence-electron chi connectivity index (χ2n) is 5.02. The zero-order valence-corrected chi connectivity index (χ0v) is 11.4. The first-order chi connectivity index (χ1) is 9.24. The van der Waals surface area contributed by atoms with E-state index in [0.29, 0.717) is 6.04 Å². The van der Waals surface area contributed by atoms with Crippen molar-refractivity contribution in [3.05, 3.63) is 29.3 Å². The number of fused-ring (bicyclic) bond motifs is 1. The van der Waals surface area contributed by atoms with Crippen molar-refractivity contribution in [2.45, 2.75) is 25.8 Å². The lowest BCUT2D eigenvalue weighted by atomic mass is 10.2. The number of anilines is 1. The van der Waals surface area contributed by atoms with Crippen molar-refractivity contribution >= 4 is 27.5 Å². The fourth-order valence-electron chi connectivity index (χ4n) is 2.51. The number of aromatic nitrogens is 3. The average Bonchev–Trinajstić information content (AvgIpc) is 3.07. The quantitative estimate of drug-likeness (QED) is 0.776. The minimum atomic E-state index is 0.537. The van der Waals surface area contributed by atoms with Crippen LogP contribution in [0.15, 0.2) is 24.4 Å². The van der Waals surface area contributed by atoms with Gasteiger partial charge >= 0.3 is 0 Å². The highest BCUT2D eigenvalue weighted by molar-refractivity contribution is 7.16. The van der Waals surface area contributed by atoms with Crippen LogP contribution in [-0.4, -0.2) is 14.5 Å². The minimum absolute atomic E-state index is 0.537. The van der Waals surface area contributed by atoms with E-state index in [1.807, 2.05) is 18.3 Å². The van der Waals surface area contributed by atoms with Crippen LogP contribution >= 0.6 is 11.3 Å². The molecule has 0 bridgehead atoms. The average molecular weight is 270 g/mol.